The first kappa shape index (κ1) is 32.6. The Morgan fingerprint density at radius 2 is 1.15 bits per heavy atom. The molecule has 0 saturated heterocycles. The summed E-state index contributed by atoms with van der Waals surface area (Å²) in [5.41, 5.74) is 3.03. The molecule has 0 radical (unpaired) electrons. The maximum Gasteiger partial charge on any atom is 0.0577 e. The molecule has 5 aliphatic rings. The average Bonchev–Trinajstić information content (AvgIpc) is 3.52. The van der Waals surface area contributed by atoms with Gasteiger partial charge >= 0.3 is 0 Å². The lowest BCUT2D eigenvalue weighted by molar-refractivity contribution is -0.0360. The van der Waals surface area contributed by atoms with Crippen molar-refractivity contribution >= 4 is 8.07 Å². The Labute approximate surface area is 259 Å². The highest BCUT2D eigenvalue weighted by Gasteiger charge is 2.63. The molecule has 14 unspecified atom stereocenters. The van der Waals surface area contributed by atoms with Gasteiger partial charge in [-0.25, -0.2) is 0 Å². The molecule has 238 valence electrons. The van der Waals surface area contributed by atoms with E-state index >= 15 is 0 Å². The monoisotopic (exact) mass is 583 g/mol. The van der Waals surface area contributed by atoms with Gasteiger partial charge in [-0.05, 0) is 137 Å². The van der Waals surface area contributed by atoms with E-state index in [1.165, 1.54) is 12.8 Å². The predicted molar refractivity (Wildman–Crippen MR) is 184 cm³/mol. The second kappa shape index (κ2) is 11.5. The second-order valence-corrected chi connectivity index (χ2v) is 24.9. The normalized spacial score (nSPS) is 50.4. The SMILES string of the molecule is CCC[Si](C)(C1C(C)C(C)C(C)C1C)C1C(C)CC2C1CC1CCCC1C2C1CC(C(C)(C)C)CC(C(C)(C)C)C1. The maximum atomic E-state index is 2.99. The minimum Gasteiger partial charge on any atom is -0.0687 e. The molecule has 41 heavy (non-hydrogen) atoms. The van der Waals surface area contributed by atoms with Crippen molar-refractivity contribution in [3.05, 3.63) is 0 Å². The Hall–Kier alpha value is 0.217. The van der Waals surface area contributed by atoms with E-state index in [-0.39, 0.29) is 0 Å². The van der Waals surface area contributed by atoms with Crippen LogP contribution in [-0.2, 0) is 0 Å². The molecule has 0 aromatic carbocycles. The van der Waals surface area contributed by atoms with Gasteiger partial charge in [-0.1, -0.05) is 115 Å². The lowest BCUT2D eigenvalue weighted by Gasteiger charge is -2.55. The minimum absolute atomic E-state index is 0.450. The molecular formula is C40H74Si. The van der Waals surface area contributed by atoms with Crippen molar-refractivity contribution in [2.45, 2.75) is 165 Å². The number of hydrogen-bond acceptors (Lipinski definition) is 0. The predicted octanol–water partition coefficient (Wildman–Crippen LogP) is 12.6. The summed E-state index contributed by atoms with van der Waals surface area (Å²) in [6.45, 7) is 34.4. The van der Waals surface area contributed by atoms with Gasteiger partial charge in [-0.15, -0.1) is 0 Å². The highest BCUT2D eigenvalue weighted by atomic mass is 28.3. The fourth-order valence-electron chi connectivity index (χ4n) is 14.1. The van der Waals surface area contributed by atoms with Crippen molar-refractivity contribution < 1.29 is 0 Å². The summed E-state index contributed by atoms with van der Waals surface area (Å²) < 4.78 is 0. The van der Waals surface area contributed by atoms with Crippen LogP contribution >= 0.6 is 0 Å². The second-order valence-electron chi connectivity index (χ2n) is 20.0. The van der Waals surface area contributed by atoms with Gasteiger partial charge < -0.3 is 0 Å². The van der Waals surface area contributed by atoms with Gasteiger partial charge in [0.25, 0.3) is 0 Å². The summed E-state index contributed by atoms with van der Waals surface area (Å²) in [4.78, 5) is 0. The summed E-state index contributed by atoms with van der Waals surface area (Å²) in [7, 11) is -1.47. The molecule has 1 heteroatoms. The summed E-state index contributed by atoms with van der Waals surface area (Å²) >= 11 is 0. The maximum absolute atomic E-state index is 2.99. The average molecular weight is 583 g/mol. The summed E-state index contributed by atoms with van der Waals surface area (Å²) in [5, 5.41) is 0. The fourth-order valence-corrected chi connectivity index (χ4v) is 22.0. The van der Waals surface area contributed by atoms with E-state index in [2.05, 4.69) is 89.6 Å². The number of rotatable bonds is 5. The van der Waals surface area contributed by atoms with Gasteiger partial charge in [-0.3, -0.25) is 0 Å². The lowest BCUT2D eigenvalue weighted by atomic mass is 9.52. The molecule has 5 saturated carbocycles. The van der Waals surface area contributed by atoms with Crippen molar-refractivity contribution in [3.8, 4) is 0 Å². The Kier molecular flexibility index (Phi) is 9.18. The van der Waals surface area contributed by atoms with Crippen molar-refractivity contribution in [1.82, 2.24) is 0 Å². The molecule has 0 aromatic rings. The van der Waals surface area contributed by atoms with E-state index < -0.39 is 8.07 Å². The number of hydrogen-bond donors (Lipinski definition) is 0. The first-order valence-electron chi connectivity index (χ1n) is 19.0. The van der Waals surface area contributed by atoms with E-state index in [0.29, 0.717) is 10.8 Å². The third-order valence-electron chi connectivity index (χ3n) is 16.2. The van der Waals surface area contributed by atoms with Crippen LogP contribution in [0.4, 0.5) is 0 Å². The quantitative estimate of drug-likeness (QED) is 0.283. The van der Waals surface area contributed by atoms with E-state index in [1.54, 1.807) is 51.0 Å². The van der Waals surface area contributed by atoms with Crippen LogP contribution in [0.25, 0.3) is 0 Å². The first-order chi connectivity index (χ1) is 19.0. The summed E-state index contributed by atoms with van der Waals surface area (Å²) in [5.74, 6) is 12.7. The number of fused-ring (bicyclic) bond motifs is 2. The molecule has 5 fully saturated rings. The van der Waals surface area contributed by atoms with Crippen molar-refractivity contribution in [2.24, 2.45) is 87.8 Å². The van der Waals surface area contributed by atoms with E-state index in [4.69, 9.17) is 0 Å². The van der Waals surface area contributed by atoms with E-state index in [0.717, 1.165) is 88.0 Å². The van der Waals surface area contributed by atoms with Gasteiger partial charge in [0.1, 0.15) is 0 Å². The Balaban J connectivity index is 1.52. The fraction of sp³-hybridized carbons (Fsp3) is 1.00. The zero-order chi connectivity index (χ0) is 30.2. The van der Waals surface area contributed by atoms with Crippen LogP contribution < -0.4 is 0 Å². The molecular weight excluding hydrogens is 509 g/mol. The van der Waals surface area contributed by atoms with Crippen LogP contribution in [0.2, 0.25) is 23.7 Å². The Morgan fingerprint density at radius 1 is 0.585 bits per heavy atom. The molecule has 0 aromatic heterocycles. The Morgan fingerprint density at radius 3 is 1.66 bits per heavy atom. The zero-order valence-corrected chi connectivity index (χ0v) is 31.2. The molecule has 0 aliphatic heterocycles. The molecule has 0 bridgehead atoms. The largest absolute Gasteiger partial charge is 0.0687 e. The van der Waals surface area contributed by atoms with Crippen molar-refractivity contribution in [1.29, 1.82) is 0 Å². The molecule has 14 atom stereocenters. The van der Waals surface area contributed by atoms with Gasteiger partial charge in [0.15, 0.2) is 0 Å². The molecule has 0 heterocycles. The molecule has 5 rings (SSSR count). The molecule has 0 N–H and O–H groups in total. The van der Waals surface area contributed by atoms with Crippen LogP contribution in [0.15, 0.2) is 0 Å². The standard InChI is InChI=1S/C40H74Si/c1-14-18-41(13,38-27(5)25(3)26(4)28(38)6)37-24(2)19-34-35(37)22-29-16-15-17-33(29)36(34)30-20-31(39(7,8)9)23-32(21-30)40(10,11)12/h24-38H,14-23H2,1-13H3. The lowest BCUT2D eigenvalue weighted by Crippen LogP contribution is -2.51. The highest BCUT2D eigenvalue weighted by Crippen LogP contribution is 2.69. The van der Waals surface area contributed by atoms with Crippen molar-refractivity contribution in [2.75, 3.05) is 0 Å². The minimum atomic E-state index is -1.47. The van der Waals surface area contributed by atoms with Crippen LogP contribution in [0.3, 0.4) is 0 Å². The molecule has 0 nitrogen and oxygen atoms in total. The van der Waals surface area contributed by atoms with Crippen LogP contribution in [0.5, 0.6) is 0 Å². The highest BCUT2D eigenvalue weighted by molar-refractivity contribution is 6.81. The summed E-state index contributed by atoms with van der Waals surface area (Å²) in [6.07, 6.45) is 13.9. The van der Waals surface area contributed by atoms with Gasteiger partial charge in [0.05, 0.1) is 8.07 Å². The van der Waals surface area contributed by atoms with E-state index in [1.807, 2.05) is 0 Å². The Bertz CT molecular complexity index is 855. The van der Waals surface area contributed by atoms with Gasteiger partial charge in [0, 0.05) is 0 Å². The van der Waals surface area contributed by atoms with E-state index in [9.17, 15) is 0 Å². The van der Waals surface area contributed by atoms with Crippen LogP contribution in [0.1, 0.15) is 141 Å². The van der Waals surface area contributed by atoms with Crippen LogP contribution in [0, 0.1) is 87.8 Å². The zero-order valence-electron chi connectivity index (χ0n) is 30.2. The third kappa shape index (κ3) is 5.62. The molecule has 0 spiro atoms. The van der Waals surface area contributed by atoms with Crippen LogP contribution in [-0.4, -0.2) is 8.07 Å². The van der Waals surface area contributed by atoms with Gasteiger partial charge in [0.2, 0.25) is 0 Å². The molecule has 5 aliphatic carbocycles. The topological polar surface area (TPSA) is 0 Å². The smallest absolute Gasteiger partial charge is 0.0577 e. The first-order valence-corrected chi connectivity index (χ1v) is 21.9. The summed E-state index contributed by atoms with van der Waals surface area (Å²) in [6, 6.07) is 1.60. The third-order valence-corrected chi connectivity index (χ3v) is 22.9. The van der Waals surface area contributed by atoms with Gasteiger partial charge in [-0.2, -0.15) is 0 Å². The van der Waals surface area contributed by atoms with Crippen molar-refractivity contribution in [3.63, 3.8) is 0 Å². The molecule has 0 amide bonds.